The van der Waals surface area contributed by atoms with Crippen molar-refractivity contribution in [1.82, 2.24) is 4.90 Å². The quantitative estimate of drug-likeness (QED) is 0.922. The average molecular weight is 331 g/mol. The van der Waals surface area contributed by atoms with Gasteiger partial charge >= 0.3 is 0 Å². The highest BCUT2D eigenvalue weighted by atomic mass is 35.5. The third-order valence-corrected chi connectivity index (χ3v) is 4.49. The van der Waals surface area contributed by atoms with Gasteiger partial charge in [0.1, 0.15) is 0 Å². The Morgan fingerprint density at radius 3 is 2.86 bits per heavy atom. The van der Waals surface area contributed by atoms with Gasteiger partial charge in [-0.05, 0) is 43.4 Å². The Bertz CT molecular complexity index is 481. The summed E-state index contributed by atoms with van der Waals surface area (Å²) in [7, 11) is 0. The number of hydrogen-bond donors (Lipinski definition) is 1. The van der Waals surface area contributed by atoms with Crippen molar-refractivity contribution in [3.63, 3.8) is 0 Å². The van der Waals surface area contributed by atoms with Gasteiger partial charge in [-0.3, -0.25) is 4.79 Å². The lowest BCUT2D eigenvalue weighted by Crippen LogP contribution is -2.50. The first-order chi connectivity index (χ1) is 9.52. The summed E-state index contributed by atoms with van der Waals surface area (Å²) in [6, 6.07) is 7.72. The van der Waals surface area contributed by atoms with Crippen molar-refractivity contribution in [3.05, 3.63) is 34.9 Å². The molecule has 1 heterocycles. The first-order valence-electron chi connectivity index (χ1n) is 7.29. The second-order valence-electron chi connectivity index (χ2n) is 5.83. The molecule has 0 aromatic heterocycles. The molecule has 118 valence electrons. The van der Waals surface area contributed by atoms with Crippen LogP contribution < -0.4 is 5.73 Å². The normalized spacial score (nSPS) is 23.3. The molecule has 21 heavy (non-hydrogen) atoms. The highest BCUT2D eigenvalue weighted by Crippen LogP contribution is 2.27. The van der Waals surface area contributed by atoms with Crippen molar-refractivity contribution >= 4 is 29.9 Å². The Labute approximate surface area is 138 Å². The predicted molar refractivity (Wildman–Crippen MR) is 90.1 cm³/mol. The van der Waals surface area contributed by atoms with E-state index < -0.39 is 0 Å². The number of nitrogens with zero attached hydrogens (tertiary/aromatic N) is 1. The number of rotatable bonds is 3. The second-order valence-corrected chi connectivity index (χ2v) is 6.26. The molecule has 0 radical (unpaired) electrons. The van der Waals surface area contributed by atoms with Gasteiger partial charge in [0, 0.05) is 24.2 Å². The lowest BCUT2D eigenvalue weighted by Gasteiger charge is -2.39. The van der Waals surface area contributed by atoms with Crippen LogP contribution in [0.1, 0.15) is 38.2 Å². The van der Waals surface area contributed by atoms with Gasteiger partial charge in [-0.25, -0.2) is 0 Å². The van der Waals surface area contributed by atoms with Crippen molar-refractivity contribution < 1.29 is 4.79 Å². The minimum Gasteiger partial charge on any atom is -0.338 e. The topological polar surface area (TPSA) is 46.3 Å². The van der Waals surface area contributed by atoms with Crippen LogP contribution in [0.2, 0.25) is 5.02 Å². The van der Waals surface area contributed by atoms with Crippen LogP contribution in [0.3, 0.4) is 0 Å². The molecular formula is C16H24Cl2N2O. The Morgan fingerprint density at radius 2 is 2.24 bits per heavy atom. The van der Waals surface area contributed by atoms with Gasteiger partial charge in [-0.15, -0.1) is 12.4 Å². The minimum absolute atomic E-state index is 0. The fraction of sp³-hybridized carbons (Fsp3) is 0.562. The van der Waals surface area contributed by atoms with Crippen LogP contribution in [-0.4, -0.2) is 29.9 Å². The van der Waals surface area contributed by atoms with E-state index in [9.17, 15) is 4.79 Å². The Kier molecular flexibility index (Phi) is 6.98. The van der Waals surface area contributed by atoms with Crippen molar-refractivity contribution in [1.29, 1.82) is 0 Å². The summed E-state index contributed by atoms with van der Waals surface area (Å²) in [4.78, 5) is 14.7. The third kappa shape index (κ3) is 4.35. The molecule has 0 spiro atoms. The van der Waals surface area contributed by atoms with Gasteiger partial charge in [0.05, 0.1) is 5.92 Å². The molecule has 2 N–H and O–H groups in total. The maximum Gasteiger partial charge on any atom is 0.230 e. The van der Waals surface area contributed by atoms with Gasteiger partial charge in [0.2, 0.25) is 5.91 Å². The summed E-state index contributed by atoms with van der Waals surface area (Å²) < 4.78 is 0. The van der Waals surface area contributed by atoms with E-state index in [0.717, 1.165) is 24.9 Å². The lowest BCUT2D eigenvalue weighted by atomic mass is 9.90. The van der Waals surface area contributed by atoms with Crippen molar-refractivity contribution in [3.8, 4) is 0 Å². The van der Waals surface area contributed by atoms with Gasteiger partial charge in [-0.2, -0.15) is 0 Å². The first kappa shape index (κ1) is 18.3. The van der Waals surface area contributed by atoms with E-state index in [1.807, 2.05) is 36.1 Å². The van der Waals surface area contributed by atoms with E-state index in [1.54, 1.807) is 0 Å². The summed E-state index contributed by atoms with van der Waals surface area (Å²) >= 11 is 6.01. The van der Waals surface area contributed by atoms with Gasteiger partial charge in [0.25, 0.3) is 0 Å². The fourth-order valence-corrected chi connectivity index (χ4v) is 3.13. The van der Waals surface area contributed by atoms with E-state index in [4.69, 9.17) is 17.3 Å². The van der Waals surface area contributed by atoms with Crippen LogP contribution in [0.4, 0.5) is 0 Å². The van der Waals surface area contributed by atoms with Crippen LogP contribution in [0, 0.1) is 5.92 Å². The summed E-state index contributed by atoms with van der Waals surface area (Å²) in [5, 5.41) is 0.671. The Hall–Kier alpha value is -0.770. The van der Waals surface area contributed by atoms with E-state index in [1.165, 1.54) is 0 Å². The van der Waals surface area contributed by atoms with E-state index in [-0.39, 0.29) is 30.3 Å². The number of hydrogen-bond acceptors (Lipinski definition) is 2. The number of carbonyl (C=O) groups is 1. The molecular weight excluding hydrogens is 307 g/mol. The smallest absolute Gasteiger partial charge is 0.230 e. The highest BCUT2D eigenvalue weighted by Gasteiger charge is 2.31. The average Bonchev–Trinajstić information content (AvgIpc) is 2.45. The molecule has 1 aromatic rings. The third-order valence-electron chi connectivity index (χ3n) is 4.25. The maximum absolute atomic E-state index is 12.7. The van der Waals surface area contributed by atoms with Crippen LogP contribution in [0.15, 0.2) is 24.3 Å². The highest BCUT2D eigenvalue weighted by molar-refractivity contribution is 6.30. The molecule has 1 aliphatic heterocycles. The number of amides is 1. The predicted octanol–water partition coefficient (Wildman–Crippen LogP) is 3.45. The maximum atomic E-state index is 12.7. The molecule has 1 aromatic carbocycles. The Balaban J connectivity index is 0.00000220. The molecule has 5 heteroatoms. The number of piperidine rings is 1. The van der Waals surface area contributed by atoms with Crippen molar-refractivity contribution in [2.45, 2.75) is 38.6 Å². The zero-order valence-electron chi connectivity index (χ0n) is 12.6. The van der Waals surface area contributed by atoms with Crippen molar-refractivity contribution in [2.75, 3.05) is 13.1 Å². The number of nitrogens with two attached hydrogens (primary N) is 1. The molecule has 3 atom stereocenters. The van der Waals surface area contributed by atoms with E-state index >= 15 is 0 Å². The molecule has 2 rings (SSSR count). The molecule has 1 fully saturated rings. The zero-order valence-corrected chi connectivity index (χ0v) is 14.2. The van der Waals surface area contributed by atoms with E-state index in [2.05, 4.69) is 6.92 Å². The molecule has 0 bridgehead atoms. The van der Waals surface area contributed by atoms with E-state index in [0.29, 0.717) is 17.5 Å². The zero-order chi connectivity index (χ0) is 14.7. The number of likely N-dealkylation sites (tertiary alicyclic amines) is 1. The fourth-order valence-electron chi connectivity index (χ4n) is 2.93. The van der Waals surface area contributed by atoms with Crippen LogP contribution in [0.25, 0.3) is 0 Å². The largest absolute Gasteiger partial charge is 0.338 e. The van der Waals surface area contributed by atoms with Gasteiger partial charge in [0.15, 0.2) is 0 Å². The van der Waals surface area contributed by atoms with Crippen LogP contribution >= 0.6 is 24.0 Å². The molecule has 3 nitrogen and oxygen atoms in total. The number of carbonyl (C=O) groups excluding carboxylic acids is 1. The second kappa shape index (κ2) is 8.02. The molecule has 1 amide bonds. The van der Waals surface area contributed by atoms with Gasteiger partial charge < -0.3 is 10.6 Å². The molecule has 3 unspecified atom stereocenters. The summed E-state index contributed by atoms with van der Waals surface area (Å²) in [5.74, 6) is 0.639. The summed E-state index contributed by atoms with van der Waals surface area (Å²) in [6.07, 6.45) is 2.06. The van der Waals surface area contributed by atoms with Gasteiger partial charge in [-0.1, -0.05) is 30.7 Å². The summed E-state index contributed by atoms with van der Waals surface area (Å²) in [6.45, 7) is 5.52. The van der Waals surface area contributed by atoms with Crippen LogP contribution in [0.5, 0.6) is 0 Å². The standard InChI is InChI=1S/C16H23ClN2O.ClH/c1-11-6-7-19(15(8-11)10-18)16(20)12(2)13-4-3-5-14(17)9-13;/h3-5,9,11-12,15H,6-8,10,18H2,1-2H3;1H. The lowest BCUT2D eigenvalue weighted by molar-refractivity contribution is -0.136. The monoisotopic (exact) mass is 330 g/mol. The molecule has 0 aliphatic carbocycles. The van der Waals surface area contributed by atoms with Crippen LogP contribution in [-0.2, 0) is 4.79 Å². The summed E-state index contributed by atoms with van der Waals surface area (Å²) in [5.41, 5.74) is 6.81. The number of benzene rings is 1. The number of halogens is 2. The SMILES string of the molecule is CC1CCN(C(=O)C(C)c2cccc(Cl)c2)C(CN)C1.Cl. The first-order valence-corrected chi connectivity index (χ1v) is 7.66. The van der Waals surface area contributed by atoms with Crippen molar-refractivity contribution in [2.24, 2.45) is 11.7 Å². The molecule has 0 saturated carbocycles. The Morgan fingerprint density at radius 1 is 1.52 bits per heavy atom. The molecule has 1 aliphatic rings. The minimum atomic E-state index is -0.170. The molecule has 1 saturated heterocycles.